The Bertz CT molecular complexity index is 1310. The fourth-order valence-corrected chi connectivity index (χ4v) is 10.4. The molecule has 0 aromatic rings. The molecule has 5 aliphatic rings. The molecule has 0 bridgehead atoms. The maximum atomic E-state index is 14.5. The summed E-state index contributed by atoms with van der Waals surface area (Å²) in [6, 6.07) is 2.12. The van der Waals surface area contributed by atoms with Crippen LogP contribution >= 0.6 is 0 Å². The first-order valence-electron chi connectivity index (χ1n) is 15.6. The Kier molecular flexibility index (Phi) is 7.23. The Hall–Kier alpha value is -2.43. The van der Waals surface area contributed by atoms with E-state index in [1.54, 1.807) is 0 Å². The molecule has 0 aromatic heterocycles. The standard InChI is InChI=1S/C34H45F3N2O3/c1-20-22-7-9-31(5)25(30(22,4)16-21(18-38)28(20)42)15-24(40)27-23-17-29(2,3)11-13-33(23,14-12-32(27,31)6)10-8-26(41)39-19-34(35,36)37/h15-16,20,22-23,27H,7-14,17,19H2,1-6H3,(H,39,41)/t20-,22-,23+,27?,30-,31+,32+,33+/m0/s1. The number of alkyl halides is 3. The number of fused-ring (bicyclic) bond motifs is 7. The molecule has 0 spiro atoms. The third-order valence-electron chi connectivity index (χ3n) is 13.0. The van der Waals surface area contributed by atoms with Gasteiger partial charge < -0.3 is 5.32 Å². The minimum Gasteiger partial charge on any atom is -0.347 e. The van der Waals surface area contributed by atoms with Crippen molar-refractivity contribution in [1.29, 1.82) is 5.26 Å². The molecule has 42 heavy (non-hydrogen) atoms. The van der Waals surface area contributed by atoms with E-state index in [1.165, 1.54) is 0 Å². The fourth-order valence-electron chi connectivity index (χ4n) is 10.4. The van der Waals surface area contributed by atoms with Crippen molar-refractivity contribution < 1.29 is 27.6 Å². The van der Waals surface area contributed by atoms with E-state index in [0.29, 0.717) is 6.42 Å². The number of hydrogen-bond acceptors (Lipinski definition) is 4. The third-order valence-corrected chi connectivity index (χ3v) is 13.0. The highest BCUT2D eigenvalue weighted by molar-refractivity contribution is 6.02. The number of ketones is 2. The van der Waals surface area contributed by atoms with E-state index in [0.717, 1.165) is 50.5 Å². The summed E-state index contributed by atoms with van der Waals surface area (Å²) >= 11 is 0. The van der Waals surface area contributed by atoms with Crippen molar-refractivity contribution in [1.82, 2.24) is 5.32 Å². The van der Waals surface area contributed by atoms with Crippen molar-refractivity contribution >= 4 is 17.5 Å². The second-order valence-electron chi connectivity index (χ2n) is 15.7. The first-order valence-corrected chi connectivity index (χ1v) is 15.6. The molecule has 1 amide bonds. The van der Waals surface area contributed by atoms with Crippen LogP contribution < -0.4 is 5.32 Å². The minimum atomic E-state index is -4.45. The molecule has 0 radical (unpaired) electrons. The zero-order valence-electron chi connectivity index (χ0n) is 25.8. The quantitative estimate of drug-likeness (QED) is 0.375. The van der Waals surface area contributed by atoms with E-state index in [2.05, 4.69) is 40.7 Å². The van der Waals surface area contributed by atoms with Gasteiger partial charge >= 0.3 is 6.18 Å². The number of nitrogens with zero attached hydrogens (tertiary/aromatic N) is 1. The van der Waals surface area contributed by atoms with Gasteiger partial charge in [-0.15, -0.1) is 0 Å². The normalized spacial score (nSPS) is 42.6. The minimum absolute atomic E-state index is 0.0172. The fraction of sp³-hybridized carbons (Fsp3) is 0.765. The van der Waals surface area contributed by atoms with Crippen LogP contribution in [0, 0.1) is 62.1 Å². The van der Waals surface area contributed by atoms with Crippen molar-refractivity contribution in [2.24, 2.45) is 50.7 Å². The number of Topliss-reactive ketones (excluding diaryl/α,β-unsaturated/α-hetero) is 1. The zero-order valence-corrected chi connectivity index (χ0v) is 25.8. The monoisotopic (exact) mass is 586 g/mol. The van der Waals surface area contributed by atoms with E-state index in [4.69, 9.17) is 0 Å². The number of carbonyl (C=O) groups is 3. The third kappa shape index (κ3) is 4.59. The number of halogens is 3. The largest absolute Gasteiger partial charge is 0.405 e. The average Bonchev–Trinajstić information content (AvgIpc) is 2.89. The predicted molar refractivity (Wildman–Crippen MR) is 153 cm³/mol. The SMILES string of the molecule is C[C@@H]1C(=O)C(C#N)=C[C@]2(C)C3=CC(=O)C4[C@H]5CC(C)(C)CC[C@]5(CCC(=O)NCC(F)(F)F)CC[C@@]4(C)[C@]3(C)CC[C@@H]12. The molecule has 5 rings (SSSR count). The first-order chi connectivity index (χ1) is 19.3. The Morgan fingerprint density at radius 3 is 2.36 bits per heavy atom. The second-order valence-corrected chi connectivity index (χ2v) is 15.7. The summed E-state index contributed by atoms with van der Waals surface area (Å²) in [7, 11) is 0. The van der Waals surface area contributed by atoms with Crippen molar-refractivity contribution in [2.45, 2.75) is 106 Å². The number of allylic oxidation sites excluding steroid dienone is 4. The van der Waals surface area contributed by atoms with Gasteiger partial charge in [-0.05, 0) is 90.9 Å². The van der Waals surface area contributed by atoms with E-state index >= 15 is 0 Å². The van der Waals surface area contributed by atoms with Crippen LogP contribution in [0.5, 0.6) is 0 Å². The Morgan fingerprint density at radius 2 is 1.71 bits per heavy atom. The van der Waals surface area contributed by atoms with E-state index in [-0.39, 0.29) is 68.9 Å². The van der Waals surface area contributed by atoms with Gasteiger partial charge in [0.05, 0.1) is 5.57 Å². The van der Waals surface area contributed by atoms with Crippen LogP contribution in [-0.2, 0) is 14.4 Å². The lowest BCUT2D eigenvalue weighted by Gasteiger charge is -2.69. The summed E-state index contributed by atoms with van der Waals surface area (Å²) in [6.45, 7) is 11.7. The topological polar surface area (TPSA) is 87.0 Å². The molecule has 230 valence electrons. The molecule has 0 aromatic carbocycles. The van der Waals surface area contributed by atoms with Crippen LogP contribution in [0.4, 0.5) is 13.2 Å². The highest BCUT2D eigenvalue weighted by atomic mass is 19.4. The molecule has 5 aliphatic carbocycles. The zero-order chi connectivity index (χ0) is 31.1. The molecule has 3 saturated carbocycles. The smallest absolute Gasteiger partial charge is 0.347 e. The number of rotatable bonds is 4. The summed E-state index contributed by atoms with van der Waals surface area (Å²) in [6.07, 6.45) is 5.74. The van der Waals surface area contributed by atoms with Gasteiger partial charge in [0.15, 0.2) is 11.6 Å². The first kappa shape index (κ1) is 31.0. The van der Waals surface area contributed by atoms with Gasteiger partial charge in [-0.1, -0.05) is 53.2 Å². The molecule has 8 heteroatoms. The van der Waals surface area contributed by atoms with Crippen LogP contribution in [0.15, 0.2) is 23.3 Å². The van der Waals surface area contributed by atoms with Crippen molar-refractivity contribution in [3.8, 4) is 6.07 Å². The molecule has 3 fully saturated rings. The summed E-state index contributed by atoms with van der Waals surface area (Å²) in [4.78, 5) is 39.9. The summed E-state index contributed by atoms with van der Waals surface area (Å²) < 4.78 is 38.2. The van der Waals surface area contributed by atoms with Gasteiger partial charge in [0.2, 0.25) is 5.91 Å². The summed E-state index contributed by atoms with van der Waals surface area (Å²) in [5.41, 5.74) is -0.245. The Morgan fingerprint density at radius 1 is 1.05 bits per heavy atom. The number of hydrogen-bond donors (Lipinski definition) is 1. The summed E-state index contributed by atoms with van der Waals surface area (Å²) in [5.74, 6) is -1.09. The van der Waals surface area contributed by atoms with E-state index in [1.807, 2.05) is 24.4 Å². The Labute approximate surface area is 247 Å². The lowest BCUT2D eigenvalue weighted by Crippen LogP contribution is -2.64. The molecule has 1 unspecified atom stereocenters. The van der Waals surface area contributed by atoms with Crippen LogP contribution in [-0.4, -0.2) is 30.2 Å². The number of nitriles is 1. The highest BCUT2D eigenvalue weighted by Crippen LogP contribution is 2.74. The van der Waals surface area contributed by atoms with Crippen molar-refractivity contribution in [3.05, 3.63) is 23.3 Å². The molecule has 0 heterocycles. The van der Waals surface area contributed by atoms with Crippen molar-refractivity contribution in [3.63, 3.8) is 0 Å². The summed E-state index contributed by atoms with van der Waals surface area (Å²) in [5, 5.41) is 11.8. The van der Waals surface area contributed by atoms with E-state index < -0.39 is 24.0 Å². The molecular weight excluding hydrogens is 541 g/mol. The van der Waals surface area contributed by atoms with Crippen LogP contribution in [0.25, 0.3) is 0 Å². The van der Waals surface area contributed by atoms with Gasteiger partial charge in [-0.2, -0.15) is 18.4 Å². The van der Waals surface area contributed by atoms with E-state index in [9.17, 15) is 32.8 Å². The number of carbonyl (C=O) groups excluding carboxylic acids is 3. The lowest BCUT2D eigenvalue weighted by molar-refractivity contribution is -0.171. The lowest BCUT2D eigenvalue weighted by atomic mass is 9.34. The van der Waals surface area contributed by atoms with Crippen LogP contribution in [0.2, 0.25) is 0 Å². The van der Waals surface area contributed by atoms with Gasteiger partial charge in [0, 0.05) is 23.7 Å². The molecule has 0 aliphatic heterocycles. The molecule has 8 atom stereocenters. The molecule has 0 saturated heterocycles. The maximum Gasteiger partial charge on any atom is 0.405 e. The van der Waals surface area contributed by atoms with Gasteiger partial charge in [-0.25, -0.2) is 0 Å². The molecule has 1 N–H and O–H groups in total. The van der Waals surface area contributed by atoms with Gasteiger partial charge in [0.25, 0.3) is 0 Å². The van der Waals surface area contributed by atoms with Crippen LogP contribution in [0.1, 0.15) is 99.3 Å². The van der Waals surface area contributed by atoms with Gasteiger partial charge in [0.1, 0.15) is 12.6 Å². The van der Waals surface area contributed by atoms with Gasteiger partial charge in [-0.3, -0.25) is 14.4 Å². The Balaban J connectivity index is 1.54. The molecule has 5 nitrogen and oxygen atoms in total. The number of nitrogens with one attached hydrogen (secondary N) is 1. The predicted octanol–water partition coefficient (Wildman–Crippen LogP) is 7.27. The second kappa shape index (κ2) is 9.79. The van der Waals surface area contributed by atoms with Crippen LogP contribution in [0.3, 0.4) is 0 Å². The maximum absolute atomic E-state index is 14.5. The van der Waals surface area contributed by atoms with Crippen molar-refractivity contribution in [2.75, 3.05) is 6.54 Å². The highest BCUT2D eigenvalue weighted by Gasteiger charge is 2.68. The average molecular weight is 587 g/mol. The molecular formula is C34H45F3N2O3. The number of amides is 1.